The predicted octanol–water partition coefficient (Wildman–Crippen LogP) is -0.476. The molecule has 16 heavy (non-hydrogen) atoms. The van der Waals surface area contributed by atoms with Crippen molar-refractivity contribution in [1.29, 1.82) is 0 Å². The number of nitrogens with two attached hydrogens (primary N) is 2. The first-order chi connectivity index (χ1) is 7.61. The summed E-state index contributed by atoms with van der Waals surface area (Å²) in [4.78, 5) is 0. The second-order valence-corrected chi connectivity index (χ2v) is 4.61. The third-order valence-electron chi connectivity index (χ3n) is 3.31. The SMILES string of the molecule is C[N+]1(CCn2ncc(N)c2N)CCOCC1. The summed E-state index contributed by atoms with van der Waals surface area (Å²) in [5, 5.41) is 4.16. The number of quaternary nitrogens is 1. The molecule has 1 fully saturated rings. The number of ether oxygens (including phenoxy) is 1. The fourth-order valence-corrected chi connectivity index (χ4v) is 1.93. The molecular formula is C10H20N5O+. The van der Waals surface area contributed by atoms with Crippen molar-refractivity contribution in [2.45, 2.75) is 6.54 Å². The molecule has 90 valence electrons. The molecule has 2 rings (SSSR count). The van der Waals surface area contributed by atoms with Crippen molar-refractivity contribution in [3.05, 3.63) is 6.20 Å². The summed E-state index contributed by atoms with van der Waals surface area (Å²) in [6.07, 6.45) is 1.61. The molecule has 0 aromatic carbocycles. The number of nitrogen functional groups attached to an aromatic ring is 2. The second-order valence-electron chi connectivity index (χ2n) is 4.61. The lowest BCUT2D eigenvalue weighted by Crippen LogP contribution is -2.53. The molecule has 1 aromatic heterocycles. The number of nitrogens with zero attached hydrogens (tertiary/aromatic N) is 3. The van der Waals surface area contributed by atoms with Crippen molar-refractivity contribution >= 4 is 11.5 Å². The topological polar surface area (TPSA) is 79.1 Å². The molecule has 4 N–H and O–H groups in total. The van der Waals surface area contributed by atoms with Gasteiger partial charge < -0.3 is 20.7 Å². The van der Waals surface area contributed by atoms with Crippen LogP contribution < -0.4 is 11.5 Å². The molecule has 0 amide bonds. The third kappa shape index (κ3) is 2.28. The summed E-state index contributed by atoms with van der Waals surface area (Å²) < 4.78 is 8.15. The van der Waals surface area contributed by atoms with Crippen molar-refractivity contribution in [2.75, 3.05) is 51.4 Å². The number of anilines is 2. The molecule has 0 radical (unpaired) electrons. The Morgan fingerprint density at radius 2 is 2.12 bits per heavy atom. The summed E-state index contributed by atoms with van der Waals surface area (Å²) in [5.74, 6) is 0.569. The molecule has 2 heterocycles. The number of morpholine rings is 1. The summed E-state index contributed by atoms with van der Waals surface area (Å²) in [5.41, 5.74) is 12.0. The van der Waals surface area contributed by atoms with Crippen LogP contribution in [-0.2, 0) is 11.3 Å². The van der Waals surface area contributed by atoms with Crippen LogP contribution in [0.5, 0.6) is 0 Å². The minimum Gasteiger partial charge on any atom is -0.394 e. The first-order valence-corrected chi connectivity index (χ1v) is 5.59. The standard InChI is InChI=1S/C10H20N5O/c1-15(4-6-16-7-5-15)3-2-14-10(12)9(11)8-13-14/h8H,2-7,11-12H2,1H3/q+1. The van der Waals surface area contributed by atoms with E-state index in [0.717, 1.165) is 43.9 Å². The number of hydrogen-bond acceptors (Lipinski definition) is 4. The number of likely N-dealkylation sites (N-methyl/N-ethyl adjacent to an activating group) is 1. The van der Waals surface area contributed by atoms with Gasteiger partial charge in [-0.2, -0.15) is 5.10 Å². The van der Waals surface area contributed by atoms with E-state index in [2.05, 4.69) is 12.1 Å². The van der Waals surface area contributed by atoms with E-state index in [1.807, 2.05) is 0 Å². The van der Waals surface area contributed by atoms with Gasteiger partial charge in [-0.15, -0.1) is 0 Å². The van der Waals surface area contributed by atoms with Gasteiger partial charge in [0.2, 0.25) is 0 Å². The number of aromatic nitrogens is 2. The Labute approximate surface area is 95.4 Å². The molecule has 6 nitrogen and oxygen atoms in total. The van der Waals surface area contributed by atoms with Crippen LogP contribution in [0.1, 0.15) is 0 Å². The third-order valence-corrected chi connectivity index (χ3v) is 3.31. The van der Waals surface area contributed by atoms with Crippen LogP contribution in [-0.4, -0.2) is 54.2 Å². The highest BCUT2D eigenvalue weighted by atomic mass is 16.5. The molecule has 1 aromatic rings. The Morgan fingerprint density at radius 3 is 2.69 bits per heavy atom. The Kier molecular flexibility index (Phi) is 3.02. The van der Waals surface area contributed by atoms with E-state index >= 15 is 0 Å². The summed E-state index contributed by atoms with van der Waals surface area (Å²) in [6, 6.07) is 0. The lowest BCUT2D eigenvalue weighted by molar-refractivity contribution is -0.917. The lowest BCUT2D eigenvalue weighted by Gasteiger charge is -2.37. The van der Waals surface area contributed by atoms with Gasteiger partial charge in [0.25, 0.3) is 0 Å². The Hall–Kier alpha value is -1.27. The highest BCUT2D eigenvalue weighted by Crippen LogP contribution is 2.14. The Bertz CT molecular complexity index is 356. The van der Waals surface area contributed by atoms with Crippen LogP contribution in [0.4, 0.5) is 11.5 Å². The average molecular weight is 226 g/mol. The molecule has 1 aliphatic rings. The van der Waals surface area contributed by atoms with Crippen LogP contribution in [0.25, 0.3) is 0 Å². The van der Waals surface area contributed by atoms with Crippen LogP contribution in [0.15, 0.2) is 6.20 Å². The smallest absolute Gasteiger partial charge is 0.145 e. The molecular weight excluding hydrogens is 206 g/mol. The molecule has 1 saturated heterocycles. The first-order valence-electron chi connectivity index (χ1n) is 5.59. The monoisotopic (exact) mass is 226 g/mol. The van der Waals surface area contributed by atoms with Gasteiger partial charge >= 0.3 is 0 Å². The van der Waals surface area contributed by atoms with Crippen molar-refractivity contribution in [3.63, 3.8) is 0 Å². The van der Waals surface area contributed by atoms with E-state index in [4.69, 9.17) is 16.2 Å². The maximum Gasteiger partial charge on any atom is 0.145 e. The van der Waals surface area contributed by atoms with E-state index in [1.165, 1.54) is 0 Å². The molecule has 0 atom stereocenters. The fraction of sp³-hybridized carbons (Fsp3) is 0.700. The predicted molar refractivity (Wildman–Crippen MR) is 62.7 cm³/mol. The van der Waals surface area contributed by atoms with Crippen molar-refractivity contribution in [2.24, 2.45) is 0 Å². The Balaban J connectivity index is 1.93. The zero-order valence-electron chi connectivity index (χ0n) is 9.72. The molecule has 0 aliphatic carbocycles. The van der Waals surface area contributed by atoms with Gasteiger partial charge in [-0.3, -0.25) is 0 Å². The van der Waals surface area contributed by atoms with Crippen LogP contribution in [0.3, 0.4) is 0 Å². The molecule has 6 heteroatoms. The molecule has 0 bridgehead atoms. The highest BCUT2D eigenvalue weighted by Gasteiger charge is 2.25. The number of rotatable bonds is 3. The van der Waals surface area contributed by atoms with E-state index in [0.29, 0.717) is 11.5 Å². The van der Waals surface area contributed by atoms with Gasteiger partial charge in [-0.1, -0.05) is 0 Å². The van der Waals surface area contributed by atoms with E-state index in [-0.39, 0.29) is 0 Å². The highest BCUT2D eigenvalue weighted by molar-refractivity contribution is 5.56. The molecule has 0 saturated carbocycles. The number of hydrogen-bond donors (Lipinski definition) is 2. The zero-order chi connectivity index (χ0) is 11.6. The maximum atomic E-state index is 5.81. The quantitative estimate of drug-likeness (QED) is 0.683. The summed E-state index contributed by atoms with van der Waals surface area (Å²) in [7, 11) is 2.24. The van der Waals surface area contributed by atoms with Crippen LogP contribution >= 0.6 is 0 Å². The normalized spacial score (nSPS) is 19.8. The Morgan fingerprint density at radius 1 is 1.44 bits per heavy atom. The van der Waals surface area contributed by atoms with E-state index in [1.54, 1.807) is 10.9 Å². The lowest BCUT2D eigenvalue weighted by atomic mass is 10.3. The zero-order valence-corrected chi connectivity index (χ0v) is 9.72. The van der Waals surface area contributed by atoms with Gasteiger partial charge in [-0.05, 0) is 0 Å². The van der Waals surface area contributed by atoms with Crippen LogP contribution in [0.2, 0.25) is 0 Å². The fourth-order valence-electron chi connectivity index (χ4n) is 1.93. The first kappa shape index (κ1) is 11.2. The maximum absolute atomic E-state index is 5.81. The van der Waals surface area contributed by atoms with Gasteiger partial charge in [-0.25, -0.2) is 4.68 Å². The van der Waals surface area contributed by atoms with Crippen molar-refractivity contribution in [3.8, 4) is 0 Å². The summed E-state index contributed by atoms with van der Waals surface area (Å²) >= 11 is 0. The van der Waals surface area contributed by atoms with Crippen molar-refractivity contribution in [1.82, 2.24) is 9.78 Å². The van der Waals surface area contributed by atoms with Gasteiger partial charge in [0.05, 0.1) is 45.2 Å². The second kappa shape index (κ2) is 4.31. The van der Waals surface area contributed by atoms with E-state index < -0.39 is 0 Å². The van der Waals surface area contributed by atoms with Crippen LogP contribution in [0, 0.1) is 0 Å². The minimum atomic E-state index is 0.560. The minimum absolute atomic E-state index is 0.560. The summed E-state index contributed by atoms with van der Waals surface area (Å²) in [6.45, 7) is 5.60. The molecule has 0 unspecified atom stereocenters. The van der Waals surface area contributed by atoms with Gasteiger partial charge in [0.1, 0.15) is 18.9 Å². The average Bonchev–Trinajstić information content (AvgIpc) is 2.58. The van der Waals surface area contributed by atoms with Gasteiger partial charge in [0.15, 0.2) is 0 Å². The van der Waals surface area contributed by atoms with E-state index in [9.17, 15) is 0 Å². The van der Waals surface area contributed by atoms with Gasteiger partial charge in [0, 0.05) is 0 Å². The largest absolute Gasteiger partial charge is 0.394 e. The molecule has 0 spiro atoms. The molecule has 1 aliphatic heterocycles. The van der Waals surface area contributed by atoms with Crippen molar-refractivity contribution < 1.29 is 9.22 Å².